The number of rotatable bonds is 0. The van der Waals surface area contributed by atoms with E-state index in [0.29, 0.717) is 0 Å². The highest BCUT2D eigenvalue weighted by Crippen LogP contribution is 1.34. The second-order valence-electron chi connectivity index (χ2n) is 0.562. The van der Waals surface area contributed by atoms with Crippen LogP contribution < -0.4 is 0 Å². The number of carbonyl (C=O) groups excluding carboxylic acids is 1. The Morgan fingerprint density at radius 2 is 2.33 bits per heavy atom. The van der Waals surface area contributed by atoms with Gasteiger partial charge < -0.3 is 0 Å². The second kappa shape index (κ2) is 3.94. The number of hydrogen-bond donors (Lipinski definition) is 0. The van der Waals surface area contributed by atoms with Crippen LogP contribution in [0.3, 0.4) is 0 Å². The van der Waals surface area contributed by atoms with Crippen molar-refractivity contribution in [3.63, 3.8) is 0 Å². The first kappa shape index (κ1) is 4.94. The van der Waals surface area contributed by atoms with E-state index in [-0.39, 0.29) is 0 Å². The second-order valence-corrected chi connectivity index (χ2v) is 0.562. The fourth-order valence-electron chi connectivity index (χ4n) is 0.0787. The first-order valence-electron chi connectivity index (χ1n) is 1.37. The summed E-state index contributed by atoms with van der Waals surface area (Å²) in [5.74, 6) is 3.51. The van der Waals surface area contributed by atoms with Gasteiger partial charge in [-0.05, 0) is 0 Å². The quantitative estimate of drug-likeness (QED) is 0.226. The lowest BCUT2D eigenvalue weighted by Crippen LogP contribution is -1.43. The molecule has 0 unspecified atom stereocenters. The molecule has 0 aliphatic rings. The molecule has 0 heterocycles. The summed E-state index contributed by atoms with van der Waals surface area (Å²) in [5, 5.41) is 0. The van der Waals surface area contributed by atoms with Gasteiger partial charge in [0.15, 0.2) is 5.94 Å². The van der Waals surface area contributed by atoms with E-state index < -0.39 is 0 Å². The van der Waals surface area contributed by atoms with Crippen LogP contribution in [0, 0.1) is 0 Å². The van der Waals surface area contributed by atoms with Gasteiger partial charge in [0.05, 0.1) is 0 Å². The predicted molar refractivity (Wildman–Crippen MR) is 22.6 cm³/mol. The van der Waals surface area contributed by atoms with Gasteiger partial charge >= 0.3 is 0 Å². The molecule has 0 aromatic heterocycles. The molecule has 30 valence electrons. The molecule has 0 saturated heterocycles. The van der Waals surface area contributed by atoms with E-state index in [9.17, 15) is 4.79 Å². The molecule has 0 amide bonds. The van der Waals surface area contributed by atoms with E-state index in [1.807, 2.05) is 5.73 Å². The van der Waals surface area contributed by atoms with Crippen LogP contribution in [0.15, 0.2) is 10.7 Å². The van der Waals surface area contributed by atoms with Crippen molar-refractivity contribution >= 4 is 11.8 Å². The van der Waals surface area contributed by atoms with E-state index in [1.54, 1.807) is 0 Å². The molecular formula is C4H3NO. The predicted octanol–water partition coefficient (Wildman–Crippen LogP) is -0.171. The Balaban J connectivity index is 4.19. The fraction of sp³-hybridized carbons (Fsp3) is 0.250. The summed E-state index contributed by atoms with van der Waals surface area (Å²) >= 11 is 0. The highest BCUT2D eigenvalue weighted by Gasteiger charge is 1.35. The topological polar surface area (TPSA) is 29.4 Å². The Kier molecular flexibility index (Phi) is 3.24. The molecule has 6 heavy (non-hydrogen) atoms. The van der Waals surface area contributed by atoms with Gasteiger partial charge in [-0.3, -0.25) is 0 Å². The zero-order valence-corrected chi connectivity index (χ0v) is 3.36. The van der Waals surface area contributed by atoms with Gasteiger partial charge in [0.1, 0.15) is 0 Å². The van der Waals surface area contributed by atoms with Crippen molar-refractivity contribution < 1.29 is 4.79 Å². The van der Waals surface area contributed by atoms with Crippen LogP contribution in [0.5, 0.6) is 0 Å². The molecule has 0 aromatic carbocycles. The molecule has 0 aromatic rings. The summed E-state index contributed by atoms with van der Waals surface area (Å²) in [7, 11) is 1.50. The summed E-state index contributed by atoms with van der Waals surface area (Å²) in [4.78, 5) is 12.5. The van der Waals surface area contributed by atoms with Gasteiger partial charge in [-0.1, -0.05) is 0 Å². The largest absolute Gasteiger partial charge is 0.238 e. The molecule has 2 nitrogen and oxygen atoms in total. The molecule has 0 rings (SSSR count). The summed E-state index contributed by atoms with van der Waals surface area (Å²) in [6.45, 7) is 0. The maximum absolute atomic E-state index is 9.21. The van der Waals surface area contributed by atoms with Crippen LogP contribution in [-0.4, -0.2) is 18.9 Å². The third kappa shape index (κ3) is 2.94. The molecule has 0 spiro atoms. The highest BCUT2D eigenvalue weighted by molar-refractivity contribution is 5.62. The van der Waals surface area contributed by atoms with Crippen molar-refractivity contribution in [3.05, 3.63) is 5.73 Å². The minimum atomic E-state index is 1.36. The van der Waals surface area contributed by atoms with Gasteiger partial charge in [0, 0.05) is 18.6 Å². The smallest absolute Gasteiger partial charge is 0.187 e. The van der Waals surface area contributed by atoms with Crippen molar-refractivity contribution in [2.45, 2.75) is 0 Å². The van der Waals surface area contributed by atoms with Crippen molar-refractivity contribution in [1.82, 2.24) is 0 Å². The molecular weight excluding hydrogens is 78.0 g/mol. The SMILES string of the molecule is CN=C=C=C=O. The van der Waals surface area contributed by atoms with Gasteiger partial charge in [0.25, 0.3) is 0 Å². The molecule has 2 heteroatoms. The molecule has 0 aliphatic heterocycles. The van der Waals surface area contributed by atoms with Gasteiger partial charge in [-0.25, -0.2) is 9.79 Å². The summed E-state index contributed by atoms with van der Waals surface area (Å²) in [5.41, 5.74) is 1.98. The summed E-state index contributed by atoms with van der Waals surface area (Å²) < 4.78 is 0. The maximum Gasteiger partial charge on any atom is 0.187 e. The molecule has 0 N–H and O–H groups in total. The lowest BCUT2D eigenvalue weighted by atomic mass is 10.9. The molecule has 0 fully saturated rings. The van der Waals surface area contributed by atoms with Crippen molar-refractivity contribution in [2.24, 2.45) is 4.99 Å². The third-order valence-electron chi connectivity index (χ3n) is 0.219. The maximum atomic E-state index is 9.21. The minimum absolute atomic E-state index is 1.36. The van der Waals surface area contributed by atoms with Crippen LogP contribution in [-0.2, 0) is 4.79 Å². The van der Waals surface area contributed by atoms with Crippen LogP contribution in [0.1, 0.15) is 0 Å². The monoisotopic (exact) mass is 81.0 g/mol. The van der Waals surface area contributed by atoms with Crippen molar-refractivity contribution in [2.75, 3.05) is 7.05 Å². The Bertz CT molecular complexity index is 132. The van der Waals surface area contributed by atoms with Gasteiger partial charge in [0.2, 0.25) is 0 Å². The van der Waals surface area contributed by atoms with Gasteiger partial charge in [-0.15, -0.1) is 0 Å². The number of aliphatic imine (C=N–C) groups is 1. The Morgan fingerprint density at radius 3 is 2.50 bits per heavy atom. The Hall–Kier alpha value is -1.06. The van der Waals surface area contributed by atoms with E-state index in [0.717, 1.165) is 0 Å². The minimum Gasteiger partial charge on any atom is -0.238 e. The fourth-order valence-corrected chi connectivity index (χ4v) is 0.0787. The van der Waals surface area contributed by atoms with Crippen molar-refractivity contribution in [1.29, 1.82) is 0 Å². The molecule has 0 aliphatic carbocycles. The standard InChI is InChI=1S/C4H3NO/c1-5-3-2-4-6/h1H3. The van der Waals surface area contributed by atoms with E-state index in [4.69, 9.17) is 0 Å². The van der Waals surface area contributed by atoms with E-state index >= 15 is 0 Å². The van der Waals surface area contributed by atoms with Crippen LogP contribution >= 0.6 is 0 Å². The third-order valence-corrected chi connectivity index (χ3v) is 0.219. The lowest BCUT2D eigenvalue weighted by Gasteiger charge is -1.42. The Labute approximate surface area is 35.5 Å². The summed E-state index contributed by atoms with van der Waals surface area (Å²) in [6, 6.07) is 0. The van der Waals surface area contributed by atoms with Crippen molar-refractivity contribution in [3.8, 4) is 0 Å². The molecule has 0 atom stereocenters. The van der Waals surface area contributed by atoms with Crippen LogP contribution in [0.4, 0.5) is 0 Å². The highest BCUT2D eigenvalue weighted by atomic mass is 16.1. The number of hydrogen-bond acceptors (Lipinski definition) is 2. The van der Waals surface area contributed by atoms with Gasteiger partial charge in [-0.2, -0.15) is 0 Å². The summed E-state index contributed by atoms with van der Waals surface area (Å²) in [6.07, 6.45) is 0. The zero-order chi connectivity index (χ0) is 4.83. The molecule has 0 bridgehead atoms. The lowest BCUT2D eigenvalue weighted by molar-refractivity contribution is 0.569. The van der Waals surface area contributed by atoms with E-state index in [1.165, 1.54) is 13.0 Å². The Morgan fingerprint density at radius 1 is 1.67 bits per heavy atom. The van der Waals surface area contributed by atoms with E-state index in [2.05, 4.69) is 10.9 Å². The first-order valence-corrected chi connectivity index (χ1v) is 1.37. The average molecular weight is 81.1 g/mol. The van der Waals surface area contributed by atoms with Crippen LogP contribution in [0.2, 0.25) is 0 Å². The first-order chi connectivity index (χ1) is 2.91. The molecule has 0 saturated carbocycles. The number of nitrogens with zero attached hydrogens (tertiary/aromatic N) is 1. The zero-order valence-electron chi connectivity index (χ0n) is 3.36. The van der Waals surface area contributed by atoms with Crippen LogP contribution in [0.25, 0.3) is 0 Å². The average Bonchev–Trinajstić information content (AvgIpc) is 1.61. The molecule has 0 radical (unpaired) electrons. The normalized spacial score (nSPS) is 4.17.